The van der Waals surface area contributed by atoms with Crippen LogP contribution in [0, 0.1) is 17.3 Å². The van der Waals surface area contributed by atoms with Gasteiger partial charge in [0.25, 0.3) is 0 Å². The molecule has 1 saturated carbocycles. The zero-order chi connectivity index (χ0) is 15.8. The molecule has 0 saturated heterocycles. The van der Waals surface area contributed by atoms with Gasteiger partial charge in [0.05, 0.1) is 10.0 Å². The van der Waals surface area contributed by atoms with E-state index in [2.05, 4.69) is 27.7 Å². The van der Waals surface area contributed by atoms with Gasteiger partial charge >= 0.3 is 0 Å². The maximum atomic E-state index is 13.0. The van der Waals surface area contributed by atoms with E-state index in [0.717, 1.165) is 24.0 Å². The number of rotatable bonds is 2. The second kappa shape index (κ2) is 6.14. The minimum Gasteiger partial charge on any atom is -0.294 e. The van der Waals surface area contributed by atoms with Crippen LogP contribution >= 0.6 is 23.2 Å². The molecule has 0 spiro atoms. The third-order valence-electron chi connectivity index (χ3n) is 4.98. The van der Waals surface area contributed by atoms with Crippen molar-refractivity contribution in [3.63, 3.8) is 0 Å². The molecule has 1 aromatic carbocycles. The molecule has 0 heterocycles. The molecule has 21 heavy (non-hydrogen) atoms. The first-order chi connectivity index (χ1) is 9.77. The molecule has 1 nitrogen and oxygen atoms in total. The predicted molar refractivity (Wildman–Crippen MR) is 90.8 cm³/mol. The summed E-state index contributed by atoms with van der Waals surface area (Å²) >= 11 is 12.3. The SMILES string of the molecule is CC(C)[C@]1(C)CC[C@H](C)/C(=C/c2cccc(Cl)c2Cl)C1=O. The normalized spacial score (nSPS) is 28.4. The lowest BCUT2D eigenvalue weighted by atomic mass is 9.63. The molecule has 0 amide bonds. The summed E-state index contributed by atoms with van der Waals surface area (Å²) in [6.45, 7) is 8.44. The number of allylic oxidation sites excluding steroid dienone is 1. The lowest BCUT2D eigenvalue weighted by Gasteiger charge is -2.39. The third kappa shape index (κ3) is 3.05. The van der Waals surface area contributed by atoms with E-state index >= 15 is 0 Å². The van der Waals surface area contributed by atoms with Crippen molar-refractivity contribution >= 4 is 35.1 Å². The number of ketones is 1. The molecular weight excluding hydrogens is 303 g/mol. The van der Waals surface area contributed by atoms with Gasteiger partial charge in [0.15, 0.2) is 5.78 Å². The monoisotopic (exact) mass is 324 g/mol. The quantitative estimate of drug-likeness (QED) is 0.606. The summed E-state index contributed by atoms with van der Waals surface area (Å²) in [5.41, 5.74) is 1.43. The number of hydrogen-bond donors (Lipinski definition) is 0. The van der Waals surface area contributed by atoms with Crippen LogP contribution in [0.5, 0.6) is 0 Å². The molecule has 0 aliphatic heterocycles. The van der Waals surface area contributed by atoms with Crippen molar-refractivity contribution in [3.8, 4) is 0 Å². The summed E-state index contributed by atoms with van der Waals surface area (Å²) in [5.74, 6) is 0.849. The number of Topliss-reactive ketones (excluding diaryl/α,β-unsaturated/α-hetero) is 1. The summed E-state index contributed by atoms with van der Waals surface area (Å²) in [7, 11) is 0. The highest BCUT2D eigenvalue weighted by atomic mass is 35.5. The lowest BCUT2D eigenvalue weighted by Crippen LogP contribution is -2.40. The topological polar surface area (TPSA) is 17.1 Å². The summed E-state index contributed by atoms with van der Waals surface area (Å²) in [6, 6.07) is 5.53. The van der Waals surface area contributed by atoms with Crippen LogP contribution in [-0.2, 0) is 4.79 Å². The molecule has 1 aliphatic carbocycles. The zero-order valence-electron chi connectivity index (χ0n) is 13.0. The molecule has 0 N–H and O–H groups in total. The van der Waals surface area contributed by atoms with Crippen LogP contribution in [-0.4, -0.2) is 5.78 Å². The van der Waals surface area contributed by atoms with Gasteiger partial charge in [-0.25, -0.2) is 0 Å². The van der Waals surface area contributed by atoms with Gasteiger partial charge in [-0.2, -0.15) is 0 Å². The second-order valence-corrected chi connectivity index (χ2v) is 7.37. The molecule has 0 unspecified atom stereocenters. The minimum absolute atomic E-state index is 0.257. The van der Waals surface area contributed by atoms with Crippen molar-refractivity contribution in [2.75, 3.05) is 0 Å². The van der Waals surface area contributed by atoms with Crippen LogP contribution < -0.4 is 0 Å². The van der Waals surface area contributed by atoms with Crippen LogP contribution in [0.25, 0.3) is 6.08 Å². The first kappa shape index (κ1) is 16.6. The van der Waals surface area contributed by atoms with E-state index < -0.39 is 0 Å². The molecule has 1 aromatic rings. The molecule has 2 rings (SSSR count). The smallest absolute Gasteiger partial charge is 0.165 e. The number of hydrogen-bond acceptors (Lipinski definition) is 1. The van der Waals surface area contributed by atoms with Crippen LogP contribution in [0.2, 0.25) is 10.0 Å². The summed E-state index contributed by atoms with van der Waals surface area (Å²) in [6.07, 6.45) is 3.91. The second-order valence-electron chi connectivity index (χ2n) is 6.58. The van der Waals surface area contributed by atoms with E-state index in [1.54, 1.807) is 6.07 Å². The Morgan fingerprint density at radius 1 is 1.33 bits per heavy atom. The van der Waals surface area contributed by atoms with Crippen molar-refractivity contribution in [1.82, 2.24) is 0 Å². The van der Waals surface area contributed by atoms with Gasteiger partial charge in [-0.1, -0.05) is 63.0 Å². The molecular formula is C18H22Cl2O. The van der Waals surface area contributed by atoms with Crippen LogP contribution in [0.4, 0.5) is 0 Å². The first-order valence-electron chi connectivity index (χ1n) is 7.47. The number of carbonyl (C=O) groups excluding carboxylic acids is 1. The molecule has 0 radical (unpaired) electrons. The summed E-state index contributed by atoms with van der Waals surface area (Å²) < 4.78 is 0. The van der Waals surface area contributed by atoms with E-state index in [9.17, 15) is 4.79 Å². The zero-order valence-corrected chi connectivity index (χ0v) is 14.6. The fourth-order valence-corrected chi connectivity index (χ4v) is 3.26. The van der Waals surface area contributed by atoms with Crippen LogP contribution in [0.15, 0.2) is 23.8 Å². The standard InChI is InChI=1S/C18H22Cl2O/c1-11(2)18(4)9-8-12(3)14(17(18)21)10-13-6-5-7-15(19)16(13)20/h5-7,10-12H,8-9H2,1-4H3/b14-10-/t12-,18-/m0/s1. The molecule has 3 heteroatoms. The van der Waals surface area contributed by atoms with Crippen molar-refractivity contribution in [1.29, 1.82) is 0 Å². The Hall–Kier alpha value is -0.790. The maximum Gasteiger partial charge on any atom is 0.165 e. The van der Waals surface area contributed by atoms with E-state index in [4.69, 9.17) is 23.2 Å². The van der Waals surface area contributed by atoms with Crippen molar-refractivity contribution in [2.24, 2.45) is 17.3 Å². The van der Waals surface area contributed by atoms with Gasteiger partial charge in [0.2, 0.25) is 0 Å². The van der Waals surface area contributed by atoms with Gasteiger partial charge in [-0.05, 0) is 48.0 Å². The van der Waals surface area contributed by atoms with Crippen molar-refractivity contribution < 1.29 is 4.79 Å². The average Bonchev–Trinajstić information content (AvgIpc) is 2.43. The van der Waals surface area contributed by atoms with Crippen molar-refractivity contribution in [3.05, 3.63) is 39.4 Å². The Morgan fingerprint density at radius 2 is 2.00 bits per heavy atom. The first-order valence-corrected chi connectivity index (χ1v) is 8.23. The fourth-order valence-electron chi connectivity index (χ4n) is 2.90. The average molecular weight is 325 g/mol. The van der Waals surface area contributed by atoms with Crippen LogP contribution in [0.3, 0.4) is 0 Å². The summed E-state index contributed by atoms with van der Waals surface area (Å²) in [5, 5.41) is 1.04. The van der Waals surface area contributed by atoms with Gasteiger partial charge in [-0.15, -0.1) is 0 Å². The van der Waals surface area contributed by atoms with Crippen molar-refractivity contribution in [2.45, 2.75) is 40.5 Å². The molecule has 0 aromatic heterocycles. The lowest BCUT2D eigenvalue weighted by molar-refractivity contribution is -0.129. The molecule has 2 atom stereocenters. The highest BCUT2D eigenvalue weighted by Gasteiger charge is 2.42. The minimum atomic E-state index is -0.274. The Labute approximate surface area is 137 Å². The van der Waals surface area contributed by atoms with E-state index in [0.29, 0.717) is 16.0 Å². The maximum absolute atomic E-state index is 13.0. The molecule has 114 valence electrons. The number of carbonyl (C=O) groups is 1. The van der Waals surface area contributed by atoms with Crippen LogP contribution in [0.1, 0.15) is 46.1 Å². The van der Waals surface area contributed by atoms with E-state index in [-0.39, 0.29) is 17.1 Å². The highest BCUT2D eigenvalue weighted by Crippen LogP contribution is 2.44. The third-order valence-corrected chi connectivity index (χ3v) is 5.81. The van der Waals surface area contributed by atoms with Gasteiger partial charge < -0.3 is 0 Å². The number of halogens is 2. The largest absolute Gasteiger partial charge is 0.294 e. The molecule has 1 aliphatic rings. The van der Waals surface area contributed by atoms with E-state index in [1.807, 2.05) is 18.2 Å². The van der Waals surface area contributed by atoms with Gasteiger partial charge in [-0.3, -0.25) is 4.79 Å². The fraction of sp³-hybridized carbons (Fsp3) is 0.500. The number of benzene rings is 1. The highest BCUT2D eigenvalue weighted by molar-refractivity contribution is 6.43. The molecule has 1 fully saturated rings. The Bertz CT molecular complexity index is 589. The Balaban J connectivity index is 2.47. The van der Waals surface area contributed by atoms with E-state index in [1.165, 1.54) is 0 Å². The molecule has 0 bridgehead atoms. The van der Waals surface area contributed by atoms with Gasteiger partial charge in [0.1, 0.15) is 0 Å². The predicted octanol–water partition coefficient (Wildman–Crippen LogP) is 6.04. The summed E-state index contributed by atoms with van der Waals surface area (Å²) in [4.78, 5) is 13.0. The Kier molecular flexibility index (Phi) is 4.85. The van der Waals surface area contributed by atoms with Gasteiger partial charge in [0, 0.05) is 5.41 Å². The Morgan fingerprint density at radius 3 is 2.62 bits per heavy atom.